The van der Waals surface area contributed by atoms with Crippen molar-refractivity contribution >= 4 is 17.7 Å². The first kappa shape index (κ1) is 17.5. The molecule has 2 aliphatic heterocycles. The van der Waals surface area contributed by atoms with Crippen LogP contribution in [0.2, 0.25) is 0 Å². The van der Waals surface area contributed by atoms with Gasteiger partial charge in [0.15, 0.2) is 0 Å². The van der Waals surface area contributed by atoms with E-state index in [2.05, 4.69) is 5.32 Å². The van der Waals surface area contributed by atoms with Gasteiger partial charge in [0, 0.05) is 37.9 Å². The zero-order valence-electron chi connectivity index (χ0n) is 15.3. The minimum absolute atomic E-state index is 0.00712. The van der Waals surface area contributed by atoms with Gasteiger partial charge in [0.05, 0.1) is 5.41 Å². The van der Waals surface area contributed by atoms with Gasteiger partial charge in [-0.05, 0) is 25.5 Å². The Bertz CT molecular complexity index is 899. The lowest BCUT2D eigenvalue weighted by Gasteiger charge is -2.20. The molecule has 140 valence electrons. The predicted octanol–water partition coefficient (Wildman–Crippen LogP) is 2.45. The number of furan rings is 1. The number of aryl methyl sites for hydroxylation is 2. The van der Waals surface area contributed by atoms with Crippen molar-refractivity contribution in [3.05, 3.63) is 47.7 Å². The van der Waals surface area contributed by atoms with Gasteiger partial charge in [-0.2, -0.15) is 0 Å². The Morgan fingerprint density at radius 1 is 1.19 bits per heavy atom. The Labute approximate surface area is 157 Å². The largest absolute Gasteiger partial charge is 0.461 e. The first-order valence-electron chi connectivity index (χ1n) is 9.23. The highest BCUT2D eigenvalue weighted by Gasteiger charge is 2.51. The molecule has 3 heterocycles. The van der Waals surface area contributed by atoms with E-state index in [4.69, 9.17) is 4.42 Å². The Morgan fingerprint density at radius 2 is 1.96 bits per heavy atom. The molecule has 2 aromatic rings. The number of rotatable bonds is 4. The zero-order valence-corrected chi connectivity index (χ0v) is 15.3. The number of amides is 3. The van der Waals surface area contributed by atoms with Crippen LogP contribution >= 0.6 is 0 Å². The van der Waals surface area contributed by atoms with Crippen molar-refractivity contribution in [3.8, 4) is 11.3 Å². The Balaban J connectivity index is 1.34. The van der Waals surface area contributed by atoms with Crippen molar-refractivity contribution in [2.24, 2.45) is 5.41 Å². The van der Waals surface area contributed by atoms with E-state index in [9.17, 15) is 14.4 Å². The van der Waals surface area contributed by atoms with Crippen LogP contribution in [-0.2, 0) is 20.8 Å². The molecule has 1 atom stereocenters. The van der Waals surface area contributed by atoms with Gasteiger partial charge < -0.3 is 9.32 Å². The molecule has 1 aromatic carbocycles. The molecule has 27 heavy (non-hydrogen) atoms. The third-order valence-corrected chi connectivity index (χ3v) is 5.52. The van der Waals surface area contributed by atoms with Crippen LogP contribution in [0.25, 0.3) is 11.3 Å². The molecule has 0 saturated carbocycles. The lowest BCUT2D eigenvalue weighted by Crippen LogP contribution is -2.36. The SMILES string of the molecule is Cc1ccc(-c2ccc(CCC(=O)N3CC[C@]4(CC(=O)NC4=O)C3)o2)cc1. The summed E-state index contributed by atoms with van der Waals surface area (Å²) in [4.78, 5) is 37.7. The minimum Gasteiger partial charge on any atom is -0.461 e. The smallest absolute Gasteiger partial charge is 0.235 e. The number of imide groups is 1. The summed E-state index contributed by atoms with van der Waals surface area (Å²) >= 11 is 0. The fourth-order valence-electron chi connectivity index (χ4n) is 3.88. The maximum atomic E-state index is 12.5. The first-order chi connectivity index (χ1) is 12.9. The van der Waals surface area contributed by atoms with Crippen LogP contribution < -0.4 is 5.32 Å². The molecule has 4 rings (SSSR count). The number of hydrogen-bond acceptors (Lipinski definition) is 4. The van der Waals surface area contributed by atoms with Crippen LogP contribution in [0, 0.1) is 12.3 Å². The van der Waals surface area contributed by atoms with Crippen LogP contribution in [0.1, 0.15) is 30.6 Å². The van der Waals surface area contributed by atoms with Gasteiger partial charge in [-0.25, -0.2) is 0 Å². The van der Waals surface area contributed by atoms with Gasteiger partial charge >= 0.3 is 0 Å². The molecule has 1 spiro atoms. The molecule has 2 fully saturated rings. The van der Waals surface area contributed by atoms with Crippen LogP contribution in [0.3, 0.4) is 0 Å². The number of likely N-dealkylation sites (tertiary alicyclic amines) is 1. The quantitative estimate of drug-likeness (QED) is 0.843. The summed E-state index contributed by atoms with van der Waals surface area (Å²) in [7, 11) is 0. The molecule has 2 saturated heterocycles. The number of carbonyl (C=O) groups is 3. The molecule has 0 radical (unpaired) electrons. The highest BCUT2D eigenvalue weighted by Crippen LogP contribution is 2.37. The maximum absolute atomic E-state index is 12.5. The second-order valence-corrected chi connectivity index (χ2v) is 7.53. The predicted molar refractivity (Wildman–Crippen MR) is 98.6 cm³/mol. The molecule has 1 N–H and O–H groups in total. The van der Waals surface area contributed by atoms with Crippen LogP contribution in [-0.4, -0.2) is 35.7 Å². The van der Waals surface area contributed by atoms with Crippen LogP contribution in [0.15, 0.2) is 40.8 Å². The number of hydrogen-bond donors (Lipinski definition) is 1. The maximum Gasteiger partial charge on any atom is 0.235 e. The molecule has 6 nitrogen and oxygen atoms in total. The van der Waals surface area contributed by atoms with Gasteiger partial charge in [-0.15, -0.1) is 0 Å². The van der Waals surface area contributed by atoms with E-state index in [1.807, 2.05) is 43.3 Å². The Hall–Kier alpha value is -2.89. The van der Waals surface area contributed by atoms with E-state index in [0.29, 0.717) is 32.4 Å². The van der Waals surface area contributed by atoms with Crippen molar-refractivity contribution in [2.75, 3.05) is 13.1 Å². The van der Waals surface area contributed by atoms with Crippen molar-refractivity contribution in [1.82, 2.24) is 10.2 Å². The number of carbonyl (C=O) groups excluding carboxylic acids is 3. The van der Waals surface area contributed by atoms with Gasteiger partial charge in [-0.3, -0.25) is 19.7 Å². The van der Waals surface area contributed by atoms with E-state index in [0.717, 1.165) is 17.1 Å². The molecule has 3 amide bonds. The van der Waals surface area contributed by atoms with Gasteiger partial charge in [0.1, 0.15) is 11.5 Å². The first-order valence-corrected chi connectivity index (χ1v) is 9.23. The normalized spacial score (nSPS) is 21.9. The third kappa shape index (κ3) is 3.39. The fraction of sp³-hybridized carbons (Fsp3) is 0.381. The molecule has 1 aromatic heterocycles. The Kier molecular flexibility index (Phi) is 4.34. The minimum atomic E-state index is -0.712. The van der Waals surface area contributed by atoms with E-state index in [1.165, 1.54) is 5.56 Å². The highest BCUT2D eigenvalue weighted by atomic mass is 16.3. The summed E-state index contributed by atoms with van der Waals surface area (Å²) in [5.74, 6) is 1.07. The van der Waals surface area contributed by atoms with Gasteiger partial charge in [0.25, 0.3) is 0 Å². The molecule has 0 aliphatic carbocycles. The highest BCUT2D eigenvalue weighted by molar-refractivity contribution is 6.06. The average Bonchev–Trinajstić information content (AvgIpc) is 3.34. The monoisotopic (exact) mass is 366 g/mol. The van der Waals surface area contributed by atoms with Crippen molar-refractivity contribution in [2.45, 2.75) is 32.6 Å². The third-order valence-electron chi connectivity index (χ3n) is 5.52. The summed E-state index contributed by atoms with van der Waals surface area (Å²) < 4.78 is 5.87. The van der Waals surface area contributed by atoms with Gasteiger partial charge in [0.2, 0.25) is 17.7 Å². The van der Waals surface area contributed by atoms with Crippen molar-refractivity contribution in [1.29, 1.82) is 0 Å². The van der Waals surface area contributed by atoms with Crippen molar-refractivity contribution in [3.63, 3.8) is 0 Å². The summed E-state index contributed by atoms with van der Waals surface area (Å²) in [6.45, 7) is 2.89. The molecule has 6 heteroatoms. The van der Waals surface area contributed by atoms with E-state index >= 15 is 0 Å². The summed E-state index contributed by atoms with van der Waals surface area (Å²) in [5.41, 5.74) is 1.49. The van der Waals surface area contributed by atoms with Gasteiger partial charge in [-0.1, -0.05) is 29.8 Å². The summed E-state index contributed by atoms with van der Waals surface area (Å²) in [5, 5.41) is 2.36. The van der Waals surface area contributed by atoms with E-state index in [1.54, 1.807) is 4.90 Å². The standard InChI is InChI=1S/C21H22N2O4/c1-14-2-4-15(5-3-14)17-8-6-16(27-17)7-9-19(25)23-11-10-21(13-23)12-18(24)22-20(21)26/h2-6,8H,7,9-13H2,1H3,(H,22,24,26)/t21-/m0/s1. The van der Waals surface area contributed by atoms with Crippen LogP contribution in [0.5, 0.6) is 0 Å². The second kappa shape index (κ2) is 6.68. The molecule has 0 bridgehead atoms. The molecule has 2 aliphatic rings. The molecule has 0 unspecified atom stereocenters. The van der Waals surface area contributed by atoms with E-state index in [-0.39, 0.29) is 24.1 Å². The average molecular weight is 366 g/mol. The molecular weight excluding hydrogens is 344 g/mol. The fourth-order valence-corrected chi connectivity index (χ4v) is 3.88. The van der Waals surface area contributed by atoms with Crippen molar-refractivity contribution < 1.29 is 18.8 Å². The van der Waals surface area contributed by atoms with Crippen LogP contribution in [0.4, 0.5) is 0 Å². The number of nitrogens with one attached hydrogen (secondary N) is 1. The number of benzene rings is 1. The lowest BCUT2D eigenvalue weighted by atomic mass is 9.85. The lowest BCUT2D eigenvalue weighted by molar-refractivity contribution is -0.131. The topological polar surface area (TPSA) is 79.6 Å². The molecular formula is C21H22N2O4. The Morgan fingerprint density at radius 3 is 2.67 bits per heavy atom. The van der Waals surface area contributed by atoms with E-state index < -0.39 is 5.41 Å². The second-order valence-electron chi connectivity index (χ2n) is 7.53. The zero-order chi connectivity index (χ0) is 19.0. The summed E-state index contributed by atoms with van der Waals surface area (Å²) in [6, 6.07) is 11.9. The summed E-state index contributed by atoms with van der Waals surface area (Å²) in [6.07, 6.45) is 1.58. The number of nitrogens with zero attached hydrogens (tertiary/aromatic N) is 1.